The summed E-state index contributed by atoms with van der Waals surface area (Å²) in [6.07, 6.45) is 1.05. The van der Waals surface area contributed by atoms with Crippen LogP contribution < -0.4 is 10.6 Å². The van der Waals surface area contributed by atoms with Crippen molar-refractivity contribution in [1.29, 1.82) is 0 Å². The summed E-state index contributed by atoms with van der Waals surface area (Å²) < 4.78 is 0. The number of nitro groups is 1. The van der Waals surface area contributed by atoms with Crippen molar-refractivity contribution in [2.45, 2.75) is 26.3 Å². The maximum atomic E-state index is 10.9. The molecule has 2 unspecified atom stereocenters. The first-order valence-electron chi connectivity index (χ1n) is 6.24. The minimum Gasteiger partial charge on any atom is -0.371 e. The third-order valence-electron chi connectivity index (χ3n) is 3.72. The summed E-state index contributed by atoms with van der Waals surface area (Å²) in [5.74, 6) is 0.477. The van der Waals surface area contributed by atoms with Crippen molar-refractivity contribution in [3.8, 4) is 0 Å². The zero-order valence-corrected chi connectivity index (χ0v) is 10.8. The summed E-state index contributed by atoms with van der Waals surface area (Å²) in [7, 11) is 0. The Bertz CT molecular complexity index is 460. The van der Waals surface area contributed by atoms with Gasteiger partial charge in [0.1, 0.15) is 0 Å². The van der Waals surface area contributed by atoms with Crippen LogP contribution in [0.25, 0.3) is 0 Å². The summed E-state index contributed by atoms with van der Waals surface area (Å²) in [5.41, 5.74) is 7.72. The molecule has 5 heteroatoms. The molecule has 0 radical (unpaired) electrons. The fraction of sp³-hybridized carbons (Fsp3) is 0.538. The maximum absolute atomic E-state index is 10.9. The number of nitrogens with zero attached hydrogens (tertiary/aromatic N) is 2. The van der Waals surface area contributed by atoms with Gasteiger partial charge in [0.15, 0.2) is 0 Å². The molecule has 2 N–H and O–H groups in total. The van der Waals surface area contributed by atoms with Crippen LogP contribution in [-0.4, -0.2) is 24.1 Å². The Morgan fingerprint density at radius 2 is 2.28 bits per heavy atom. The van der Waals surface area contributed by atoms with Gasteiger partial charge in [-0.1, -0.05) is 6.07 Å². The third-order valence-corrected chi connectivity index (χ3v) is 3.72. The molecule has 0 amide bonds. The number of anilines is 1. The van der Waals surface area contributed by atoms with Gasteiger partial charge in [-0.15, -0.1) is 0 Å². The predicted octanol–water partition coefficient (Wildman–Crippen LogP) is 2.08. The molecule has 1 aromatic carbocycles. The SMILES string of the molecule is Cc1ccc(N2CCC(C(C)N)C2)cc1[N+](=O)[O-]. The molecule has 5 nitrogen and oxygen atoms in total. The third kappa shape index (κ3) is 2.46. The molecule has 0 spiro atoms. The average Bonchev–Trinajstić information content (AvgIpc) is 2.78. The zero-order valence-electron chi connectivity index (χ0n) is 10.8. The van der Waals surface area contributed by atoms with E-state index >= 15 is 0 Å². The topological polar surface area (TPSA) is 72.4 Å². The monoisotopic (exact) mass is 249 g/mol. The number of nitro benzene ring substituents is 1. The summed E-state index contributed by atoms with van der Waals surface area (Å²) in [5, 5.41) is 10.9. The summed E-state index contributed by atoms with van der Waals surface area (Å²) in [6, 6.07) is 5.60. The Kier molecular flexibility index (Phi) is 3.52. The number of rotatable bonds is 3. The van der Waals surface area contributed by atoms with Crippen LogP contribution in [-0.2, 0) is 0 Å². The molecule has 2 atom stereocenters. The molecule has 1 aliphatic rings. The molecule has 1 heterocycles. The van der Waals surface area contributed by atoms with E-state index in [1.165, 1.54) is 0 Å². The zero-order chi connectivity index (χ0) is 13.3. The molecule has 1 saturated heterocycles. The summed E-state index contributed by atoms with van der Waals surface area (Å²) in [4.78, 5) is 12.8. The van der Waals surface area contributed by atoms with Crippen LogP contribution in [0.1, 0.15) is 18.9 Å². The molecule has 1 aliphatic heterocycles. The molecule has 98 valence electrons. The number of nitrogens with two attached hydrogens (primary N) is 1. The highest BCUT2D eigenvalue weighted by atomic mass is 16.6. The van der Waals surface area contributed by atoms with Crippen LogP contribution in [0.15, 0.2) is 18.2 Å². The van der Waals surface area contributed by atoms with Crippen molar-refractivity contribution in [2.75, 3.05) is 18.0 Å². The second kappa shape index (κ2) is 4.94. The Morgan fingerprint density at radius 3 is 2.83 bits per heavy atom. The lowest BCUT2D eigenvalue weighted by atomic mass is 10.0. The molecule has 0 bridgehead atoms. The van der Waals surface area contributed by atoms with Gasteiger partial charge in [0, 0.05) is 36.4 Å². The Morgan fingerprint density at radius 1 is 1.56 bits per heavy atom. The van der Waals surface area contributed by atoms with E-state index in [9.17, 15) is 10.1 Å². The van der Waals surface area contributed by atoms with E-state index in [4.69, 9.17) is 5.73 Å². The van der Waals surface area contributed by atoms with E-state index in [0.717, 1.165) is 25.2 Å². The van der Waals surface area contributed by atoms with E-state index in [1.54, 1.807) is 13.0 Å². The van der Waals surface area contributed by atoms with Crippen LogP contribution in [0, 0.1) is 23.0 Å². The molecule has 0 saturated carbocycles. The van der Waals surface area contributed by atoms with Crippen molar-refractivity contribution in [1.82, 2.24) is 0 Å². The first-order chi connectivity index (χ1) is 8.49. The highest BCUT2D eigenvalue weighted by molar-refractivity contribution is 5.57. The number of hydrogen-bond donors (Lipinski definition) is 1. The first kappa shape index (κ1) is 12.8. The molecule has 0 aromatic heterocycles. The van der Waals surface area contributed by atoms with Gasteiger partial charge in [-0.2, -0.15) is 0 Å². The number of benzene rings is 1. The molecular formula is C13H19N3O2. The van der Waals surface area contributed by atoms with Crippen LogP contribution in [0.5, 0.6) is 0 Å². The fourth-order valence-corrected chi connectivity index (χ4v) is 2.44. The van der Waals surface area contributed by atoms with Gasteiger partial charge in [-0.05, 0) is 32.3 Å². The van der Waals surface area contributed by atoms with Crippen LogP contribution >= 0.6 is 0 Å². The lowest BCUT2D eigenvalue weighted by molar-refractivity contribution is -0.385. The van der Waals surface area contributed by atoms with Crippen molar-refractivity contribution in [3.63, 3.8) is 0 Å². The lowest BCUT2D eigenvalue weighted by Gasteiger charge is -2.20. The van der Waals surface area contributed by atoms with E-state index in [-0.39, 0.29) is 16.7 Å². The second-order valence-corrected chi connectivity index (χ2v) is 5.08. The van der Waals surface area contributed by atoms with Gasteiger partial charge in [0.05, 0.1) is 4.92 Å². The van der Waals surface area contributed by atoms with Gasteiger partial charge in [0.25, 0.3) is 5.69 Å². The minimum atomic E-state index is -0.321. The lowest BCUT2D eigenvalue weighted by Crippen LogP contribution is -2.29. The average molecular weight is 249 g/mol. The quantitative estimate of drug-likeness (QED) is 0.657. The Hall–Kier alpha value is -1.62. The predicted molar refractivity (Wildman–Crippen MR) is 71.8 cm³/mol. The van der Waals surface area contributed by atoms with Gasteiger partial charge in [-0.25, -0.2) is 0 Å². The largest absolute Gasteiger partial charge is 0.371 e. The number of aryl methyl sites for hydroxylation is 1. The Balaban J connectivity index is 2.20. The molecule has 18 heavy (non-hydrogen) atoms. The minimum absolute atomic E-state index is 0.176. The summed E-state index contributed by atoms with van der Waals surface area (Å²) in [6.45, 7) is 5.59. The van der Waals surface area contributed by atoms with Gasteiger partial charge in [0.2, 0.25) is 0 Å². The van der Waals surface area contributed by atoms with E-state index in [1.807, 2.05) is 19.1 Å². The van der Waals surface area contributed by atoms with Crippen molar-refractivity contribution in [3.05, 3.63) is 33.9 Å². The van der Waals surface area contributed by atoms with Crippen molar-refractivity contribution < 1.29 is 4.92 Å². The highest BCUT2D eigenvalue weighted by Crippen LogP contribution is 2.29. The van der Waals surface area contributed by atoms with Gasteiger partial charge < -0.3 is 10.6 Å². The van der Waals surface area contributed by atoms with Gasteiger partial charge >= 0.3 is 0 Å². The molecule has 1 aromatic rings. The van der Waals surface area contributed by atoms with Crippen LogP contribution in [0.4, 0.5) is 11.4 Å². The van der Waals surface area contributed by atoms with Crippen molar-refractivity contribution >= 4 is 11.4 Å². The molecule has 0 aliphatic carbocycles. The second-order valence-electron chi connectivity index (χ2n) is 5.08. The molecule has 2 rings (SSSR count). The normalized spacial score (nSPS) is 21.1. The molecular weight excluding hydrogens is 230 g/mol. The standard InChI is InChI=1S/C13H19N3O2/c1-9-3-4-12(7-13(9)16(17)18)15-6-5-11(8-15)10(2)14/h3-4,7,10-11H,5-6,8,14H2,1-2H3. The van der Waals surface area contributed by atoms with Crippen LogP contribution in [0.3, 0.4) is 0 Å². The smallest absolute Gasteiger partial charge is 0.274 e. The van der Waals surface area contributed by atoms with Gasteiger partial charge in [-0.3, -0.25) is 10.1 Å². The number of hydrogen-bond acceptors (Lipinski definition) is 4. The van der Waals surface area contributed by atoms with E-state index in [2.05, 4.69) is 4.90 Å². The van der Waals surface area contributed by atoms with E-state index in [0.29, 0.717) is 11.5 Å². The fourth-order valence-electron chi connectivity index (χ4n) is 2.44. The highest BCUT2D eigenvalue weighted by Gasteiger charge is 2.26. The Labute approximate surface area is 107 Å². The van der Waals surface area contributed by atoms with E-state index < -0.39 is 0 Å². The van der Waals surface area contributed by atoms with Crippen molar-refractivity contribution in [2.24, 2.45) is 11.7 Å². The van der Waals surface area contributed by atoms with Crippen LogP contribution in [0.2, 0.25) is 0 Å². The first-order valence-corrected chi connectivity index (χ1v) is 6.24. The maximum Gasteiger partial charge on any atom is 0.274 e. The summed E-state index contributed by atoms with van der Waals surface area (Å²) >= 11 is 0. The molecule has 1 fully saturated rings.